The summed E-state index contributed by atoms with van der Waals surface area (Å²) >= 11 is 1.69. The van der Waals surface area contributed by atoms with Crippen molar-refractivity contribution in [3.63, 3.8) is 0 Å². The van der Waals surface area contributed by atoms with Gasteiger partial charge in [-0.2, -0.15) is 0 Å². The van der Waals surface area contributed by atoms with Gasteiger partial charge >= 0.3 is 0 Å². The van der Waals surface area contributed by atoms with Gasteiger partial charge in [-0.1, -0.05) is 25.3 Å². The highest BCUT2D eigenvalue weighted by Crippen LogP contribution is 2.28. The fourth-order valence-corrected chi connectivity index (χ4v) is 5.80. The van der Waals surface area contributed by atoms with Crippen molar-refractivity contribution in [3.05, 3.63) is 69.8 Å². The van der Waals surface area contributed by atoms with Gasteiger partial charge in [0.2, 0.25) is 5.91 Å². The zero-order valence-corrected chi connectivity index (χ0v) is 22.7. The monoisotopic (exact) mass is 524 g/mol. The molecule has 8 heteroatoms. The van der Waals surface area contributed by atoms with Crippen LogP contribution in [0.4, 0.5) is 0 Å². The first-order chi connectivity index (χ1) is 18.0. The second kappa shape index (κ2) is 12.8. The van der Waals surface area contributed by atoms with E-state index < -0.39 is 0 Å². The highest BCUT2D eigenvalue weighted by atomic mass is 32.1. The van der Waals surface area contributed by atoms with E-state index in [1.807, 2.05) is 23.1 Å². The van der Waals surface area contributed by atoms with Crippen LogP contribution in [-0.4, -0.2) is 55.0 Å². The number of furan rings is 1. The number of ether oxygens (including phenoxy) is 2. The number of aryl methyl sites for hydroxylation is 1. The van der Waals surface area contributed by atoms with E-state index in [0.29, 0.717) is 31.0 Å². The highest BCUT2D eigenvalue weighted by molar-refractivity contribution is 7.11. The molecule has 3 aromatic rings. The third-order valence-corrected chi connectivity index (χ3v) is 7.91. The first-order valence-corrected chi connectivity index (χ1v) is 13.7. The van der Waals surface area contributed by atoms with Crippen LogP contribution in [0.25, 0.3) is 0 Å². The number of nitrogens with zero attached hydrogens (tertiary/aromatic N) is 2. The molecule has 2 aromatic heterocycles. The summed E-state index contributed by atoms with van der Waals surface area (Å²) in [5, 5.41) is 0. The maximum atomic E-state index is 13.8. The van der Waals surface area contributed by atoms with Gasteiger partial charge in [-0.3, -0.25) is 9.59 Å². The summed E-state index contributed by atoms with van der Waals surface area (Å²) in [6.45, 7) is 3.15. The molecule has 0 aliphatic heterocycles. The van der Waals surface area contributed by atoms with Gasteiger partial charge in [-0.05, 0) is 68.1 Å². The predicted molar refractivity (Wildman–Crippen MR) is 144 cm³/mol. The van der Waals surface area contributed by atoms with Gasteiger partial charge in [0.25, 0.3) is 5.91 Å². The molecule has 37 heavy (non-hydrogen) atoms. The Kier molecular flexibility index (Phi) is 9.28. The molecule has 4 rings (SSSR count). The van der Waals surface area contributed by atoms with E-state index in [1.165, 1.54) is 17.6 Å². The number of rotatable bonds is 11. The molecule has 198 valence electrons. The SMILES string of the molecule is COc1ccc(CCN(Cc2ccc(C)s2)C(=O)CN(C(=O)c2ccco2)C2CCCCC2)cc1OC. The Hall–Kier alpha value is -3.26. The summed E-state index contributed by atoms with van der Waals surface area (Å²) in [6, 6.07) is 13.4. The zero-order valence-electron chi connectivity index (χ0n) is 21.9. The minimum atomic E-state index is -0.211. The molecule has 0 atom stereocenters. The number of hydrogen-bond donors (Lipinski definition) is 0. The second-order valence-corrected chi connectivity index (χ2v) is 10.8. The molecule has 0 N–H and O–H groups in total. The largest absolute Gasteiger partial charge is 0.493 e. The Labute approximate surface area is 223 Å². The number of carbonyl (C=O) groups is 2. The fraction of sp³-hybridized carbons (Fsp3) is 0.448. The number of benzene rings is 1. The minimum absolute atomic E-state index is 0.0422. The van der Waals surface area contributed by atoms with Gasteiger partial charge in [-0.25, -0.2) is 0 Å². The fourth-order valence-electron chi connectivity index (χ4n) is 4.90. The van der Waals surface area contributed by atoms with Crippen LogP contribution in [0, 0.1) is 6.92 Å². The Morgan fingerprint density at radius 1 is 1.03 bits per heavy atom. The summed E-state index contributed by atoms with van der Waals surface area (Å²) < 4.78 is 16.2. The molecule has 1 fully saturated rings. The molecule has 1 saturated carbocycles. The van der Waals surface area contributed by atoms with Gasteiger partial charge in [0.15, 0.2) is 17.3 Å². The van der Waals surface area contributed by atoms with Crippen molar-refractivity contribution in [2.75, 3.05) is 27.3 Å². The molecule has 0 bridgehead atoms. The Morgan fingerprint density at radius 3 is 2.46 bits per heavy atom. The maximum absolute atomic E-state index is 13.8. The quantitative estimate of drug-likeness (QED) is 0.321. The van der Waals surface area contributed by atoms with E-state index in [0.717, 1.165) is 36.1 Å². The third-order valence-electron chi connectivity index (χ3n) is 6.93. The lowest BCUT2D eigenvalue weighted by atomic mass is 9.94. The van der Waals surface area contributed by atoms with E-state index in [9.17, 15) is 9.59 Å². The molecule has 1 aromatic carbocycles. The summed E-state index contributed by atoms with van der Waals surface area (Å²) in [4.78, 5) is 33.1. The zero-order chi connectivity index (χ0) is 26.2. The smallest absolute Gasteiger partial charge is 0.290 e. The van der Waals surface area contributed by atoms with Crippen LogP contribution < -0.4 is 9.47 Å². The average molecular weight is 525 g/mol. The van der Waals surface area contributed by atoms with Gasteiger partial charge in [0.1, 0.15) is 6.54 Å². The number of hydrogen-bond acceptors (Lipinski definition) is 6. The second-order valence-electron chi connectivity index (χ2n) is 9.47. The summed E-state index contributed by atoms with van der Waals surface area (Å²) in [5.74, 6) is 1.35. The third kappa shape index (κ3) is 6.95. The van der Waals surface area contributed by atoms with Crippen LogP contribution in [0.5, 0.6) is 11.5 Å². The van der Waals surface area contributed by atoms with E-state index in [-0.39, 0.29) is 30.2 Å². The first kappa shape index (κ1) is 26.8. The van der Waals surface area contributed by atoms with Gasteiger partial charge in [-0.15, -0.1) is 11.3 Å². The molecule has 0 radical (unpaired) electrons. The molecule has 0 spiro atoms. The molecular weight excluding hydrogens is 488 g/mol. The van der Waals surface area contributed by atoms with Crippen LogP contribution in [0.15, 0.2) is 53.1 Å². The average Bonchev–Trinajstić information content (AvgIpc) is 3.61. The molecule has 2 amide bonds. The van der Waals surface area contributed by atoms with Crippen LogP contribution in [0.3, 0.4) is 0 Å². The standard InChI is InChI=1S/C29H36N2O5S/c1-21-11-13-24(37-21)19-30(16-15-22-12-14-25(34-2)27(18-22)35-3)28(32)20-31(23-8-5-4-6-9-23)29(33)26-10-7-17-36-26/h7,10-14,17-18,23H,4-6,8-9,15-16,19-20H2,1-3H3. The van der Waals surface area contributed by atoms with Crippen LogP contribution in [0.2, 0.25) is 0 Å². The minimum Gasteiger partial charge on any atom is -0.493 e. The Balaban J connectivity index is 1.53. The lowest BCUT2D eigenvalue weighted by Gasteiger charge is -2.35. The number of thiophene rings is 1. The lowest BCUT2D eigenvalue weighted by molar-refractivity contribution is -0.133. The molecular formula is C29H36N2O5S. The molecule has 0 saturated heterocycles. The lowest BCUT2D eigenvalue weighted by Crippen LogP contribution is -2.48. The van der Waals surface area contributed by atoms with Crippen molar-refractivity contribution in [2.45, 2.75) is 58.0 Å². The number of carbonyl (C=O) groups excluding carboxylic acids is 2. The first-order valence-electron chi connectivity index (χ1n) is 12.9. The molecule has 2 heterocycles. The molecule has 1 aliphatic carbocycles. The summed E-state index contributed by atoms with van der Waals surface area (Å²) in [5.41, 5.74) is 1.05. The molecule has 7 nitrogen and oxygen atoms in total. The van der Waals surface area contributed by atoms with Gasteiger partial charge < -0.3 is 23.7 Å². The topological polar surface area (TPSA) is 72.2 Å². The van der Waals surface area contributed by atoms with Crippen molar-refractivity contribution < 1.29 is 23.5 Å². The summed E-state index contributed by atoms with van der Waals surface area (Å²) in [6.07, 6.45) is 7.29. The number of methoxy groups -OCH3 is 2. The van der Waals surface area contributed by atoms with Crippen molar-refractivity contribution in [1.29, 1.82) is 0 Å². The van der Waals surface area contributed by atoms with Crippen LogP contribution in [-0.2, 0) is 17.8 Å². The normalized spacial score (nSPS) is 13.8. The van der Waals surface area contributed by atoms with E-state index >= 15 is 0 Å². The van der Waals surface area contributed by atoms with Crippen LogP contribution in [0.1, 0.15) is 58.0 Å². The number of amides is 2. The van der Waals surface area contributed by atoms with Crippen molar-refractivity contribution in [3.8, 4) is 11.5 Å². The molecule has 1 aliphatic rings. The van der Waals surface area contributed by atoms with Crippen LogP contribution >= 0.6 is 11.3 Å². The Morgan fingerprint density at radius 2 is 1.81 bits per heavy atom. The van der Waals surface area contributed by atoms with Crippen molar-refractivity contribution in [1.82, 2.24) is 9.80 Å². The summed E-state index contributed by atoms with van der Waals surface area (Å²) in [7, 11) is 3.23. The van der Waals surface area contributed by atoms with Gasteiger partial charge in [0.05, 0.1) is 27.0 Å². The van der Waals surface area contributed by atoms with Crippen molar-refractivity contribution >= 4 is 23.2 Å². The van der Waals surface area contributed by atoms with E-state index in [2.05, 4.69) is 19.1 Å². The van der Waals surface area contributed by atoms with E-state index in [4.69, 9.17) is 13.9 Å². The highest BCUT2D eigenvalue weighted by Gasteiger charge is 2.31. The predicted octanol–water partition coefficient (Wildman–Crippen LogP) is 5.71. The Bertz CT molecular complexity index is 1170. The van der Waals surface area contributed by atoms with Crippen molar-refractivity contribution in [2.24, 2.45) is 0 Å². The maximum Gasteiger partial charge on any atom is 0.290 e. The van der Waals surface area contributed by atoms with Gasteiger partial charge in [0, 0.05) is 22.3 Å². The van der Waals surface area contributed by atoms with E-state index in [1.54, 1.807) is 42.6 Å². The molecule has 0 unspecified atom stereocenters.